The third-order valence-corrected chi connectivity index (χ3v) is 3.78. The monoisotopic (exact) mass is 269 g/mol. The van der Waals surface area contributed by atoms with Crippen LogP contribution >= 0.6 is 0 Å². The van der Waals surface area contributed by atoms with E-state index >= 15 is 0 Å². The molecule has 3 nitrogen and oxygen atoms in total. The van der Waals surface area contributed by atoms with Gasteiger partial charge in [-0.25, -0.2) is 8.78 Å². The van der Waals surface area contributed by atoms with Crippen molar-refractivity contribution in [2.75, 3.05) is 32.7 Å². The number of hydrogen-bond donors (Lipinski definition) is 1. The van der Waals surface area contributed by atoms with E-state index in [4.69, 9.17) is 5.73 Å². The van der Waals surface area contributed by atoms with Gasteiger partial charge in [0.1, 0.15) is 11.6 Å². The van der Waals surface area contributed by atoms with Gasteiger partial charge in [0.2, 0.25) is 0 Å². The molecule has 1 aliphatic heterocycles. The van der Waals surface area contributed by atoms with Crippen LogP contribution < -0.4 is 5.73 Å². The Hall–Kier alpha value is -1.04. The van der Waals surface area contributed by atoms with E-state index in [9.17, 15) is 8.78 Å². The standard InChI is InChI=1S/C14H21F2N3/c1-11(9-17)19-6-4-18(5-7-19)10-12-2-3-13(15)8-14(12)16/h2-3,8,11H,4-7,9-10,17H2,1H3. The minimum absolute atomic E-state index is 0.393. The first kappa shape index (κ1) is 14.4. The molecular weight excluding hydrogens is 248 g/mol. The van der Waals surface area contributed by atoms with E-state index < -0.39 is 11.6 Å². The predicted molar refractivity (Wildman–Crippen MR) is 71.7 cm³/mol. The molecule has 106 valence electrons. The number of nitrogens with two attached hydrogens (primary N) is 1. The Kier molecular flexibility index (Phi) is 4.85. The molecule has 1 aromatic rings. The van der Waals surface area contributed by atoms with Crippen LogP contribution in [-0.4, -0.2) is 48.6 Å². The molecule has 1 fully saturated rings. The first-order valence-electron chi connectivity index (χ1n) is 6.70. The fraction of sp³-hybridized carbons (Fsp3) is 0.571. The molecule has 1 unspecified atom stereocenters. The summed E-state index contributed by atoms with van der Waals surface area (Å²) in [5.74, 6) is -0.986. The van der Waals surface area contributed by atoms with Crippen molar-refractivity contribution in [2.24, 2.45) is 5.73 Å². The van der Waals surface area contributed by atoms with E-state index in [1.54, 1.807) is 0 Å². The Morgan fingerprint density at radius 2 is 1.89 bits per heavy atom. The largest absolute Gasteiger partial charge is 0.329 e. The molecular formula is C14H21F2N3. The van der Waals surface area contributed by atoms with Crippen molar-refractivity contribution in [3.8, 4) is 0 Å². The minimum atomic E-state index is -0.525. The highest BCUT2D eigenvalue weighted by molar-refractivity contribution is 5.18. The van der Waals surface area contributed by atoms with Crippen molar-refractivity contribution < 1.29 is 8.78 Å². The van der Waals surface area contributed by atoms with Crippen LogP contribution in [0.15, 0.2) is 18.2 Å². The molecule has 1 saturated heterocycles. The summed E-state index contributed by atoms with van der Waals surface area (Å²) in [6.07, 6.45) is 0. The summed E-state index contributed by atoms with van der Waals surface area (Å²) in [7, 11) is 0. The molecule has 1 aromatic carbocycles. The quantitative estimate of drug-likeness (QED) is 0.897. The summed E-state index contributed by atoms with van der Waals surface area (Å²) in [4.78, 5) is 4.54. The zero-order chi connectivity index (χ0) is 13.8. The van der Waals surface area contributed by atoms with Crippen molar-refractivity contribution >= 4 is 0 Å². The fourth-order valence-corrected chi connectivity index (χ4v) is 2.40. The number of benzene rings is 1. The first-order valence-corrected chi connectivity index (χ1v) is 6.70. The van der Waals surface area contributed by atoms with Crippen LogP contribution in [0.1, 0.15) is 12.5 Å². The molecule has 0 radical (unpaired) electrons. The van der Waals surface area contributed by atoms with Crippen molar-refractivity contribution in [3.05, 3.63) is 35.4 Å². The number of rotatable bonds is 4. The van der Waals surface area contributed by atoms with Gasteiger partial charge in [-0.3, -0.25) is 9.80 Å². The maximum Gasteiger partial charge on any atom is 0.130 e. The first-order chi connectivity index (χ1) is 9.10. The van der Waals surface area contributed by atoms with E-state index in [0.717, 1.165) is 32.2 Å². The fourth-order valence-electron chi connectivity index (χ4n) is 2.40. The van der Waals surface area contributed by atoms with Crippen LogP contribution in [0.5, 0.6) is 0 Å². The van der Waals surface area contributed by atoms with E-state index in [1.165, 1.54) is 12.1 Å². The molecule has 2 rings (SSSR count). The highest BCUT2D eigenvalue weighted by Crippen LogP contribution is 2.14. The molecule has 0 saturated carbocycles. The van der Waals surface area contributed by atoms with Gasteiger partial charge < -0.3 is 5.73 Å². The van der Waals surface area contributed by atoms with Crippen LogP contribution in [0.25, 0.3) is 0 Å². The Morgan fingerprint density at radius 3 is 2.47 bits per heavy atom. The van der Waals surface area contributed by atoms with Crippen LogP contribution in [0.3, 0.4) is 0 Å². The van der Waals surface area contributed by atoms with Gasteiger partial charge in [-0.2, -0.15) is 0 Å². The van der Waals surface area contributed by atoms with Gasteiger partial charge in [0.15, 0.2) is 0 Å². The summed E-state index contributed by atoms with van der Waals surface area (Å²) in [6.45, 7) is 6.99. The molecule has 1 atom stereocenters. The zero-order valence-electron chi connectivity index (χ0n) is 11.3. The topological polar surface area (TPSA) is 32.5 Å². The lowest BCUT2D eigenvalue weighted by molar-refractivity contribution is 0.0997. The van der Waals surface area contributed by atoms with Gasteiger partial charge in [0, 0.05) is 56.9 Å². The number of halogens is 2. The Morgan fingerprint density at radius 1 is 1.21 bits per heavy atom. The molecule has 0 amide bonds. The normalized spacial score (nSPS) is 19.6. The Balaban J connectivity index is 1.88. The molecule has 1 heterocycles. The Bertz CT molecular complexity index is 417. The van der Waals surface area contributed by atoms with Gasteiger partial charge in [-0.05, 0) is 13.0 Å². The van der Waals surface area contributed by atoms with Gasteiger partial charge in [0.05, 0.1) is 0 Å². The SMILES string of the molecule is CC(CN)N1CCN(Cc2ccc(F)cc2F)CC1. The van der Waals surface area contributed by atoms with Crippen molar-refractivity contribution in [2.45, 2.75) is 19.5 Å². The predicted octanol–water partition coefficient (Wildman–Crippen LogP) is 1.43. The van der Waals surface area contributed by atoms with E-state index in [1.807, 2.05) is 0 Å². The number of piperazine rings is 1. The summed E-state index contributed by atoms with van der Waals surface area (Å²) in [5, 5.41) is 0. The van der Waals surface area contributed by atoms with Gasteiger partial charge in [-0.1, -0.05) is 6.07 Å². The molecule has 5 heteroatoms. The number of nitrogens with zero attached hydrogens (tertiary/aromatic N) is 2. The Labute approximate surface area is 113 Å². The molecule has 2 N–H and O–H groups in total. The van der Waals surface area contributed by atoms with Crippen molar-refractivity contribution in [1.82, 2.24) is 9.80 Å². The molecule has 0 bridgehead atoms. The smallest absolute Gasteiger partial charge is 0.130 e. The second-order valence-electron chi connectivity index (χ2n) is 5.13. The molecule has 1 aliphatic rings. The molecule has 0 spiro atoms. The van der Waals surface area contributed by atoms with E-state index in [-0.39, 0.29) is 0 Å². The average molecular weight is 269 g/mol. The van der Waals surface area contributed by atoms with Gasteiger partial charge in [0.25, 0.3) is 0 Å². The summed E-state index contributed by atoms with van der Waals surface area (Å²) < 4.78 is 26.4. The maximum absolute atomic E-state index is 13.6. The third kappa shape index (κ3) is 3.72. The highest BCUT2D eigenvalue weighted by atomic mass is 19.1. The van der Waals surface area contributed by atoms with Gasteiger partial charge in [-0.15, -0.1) is 0 Å². The summed E-state index contributed by atoms with van der Waals surface area (Å²) in [5.41, 5.74) is 6.21. The second-order valence-corrected chi connectivity index (χ2v) is 5.13. The highest BCUT2D eigenvalue weighted by Gasteiger charge is 2.20. The molecule has 0 aromatic heterocycles. The average Bonchev–Trinajstić information content (AvgIpc) is 2.42. The van der Waals surface area contributed by atoms with Crippen LogP contribution in [0, 0.1) is 11.6 Å². The lowest BCUT2D eigenvalue weighted by Gasteiger charge is -2.37. The van der Waals surface area contributed by atoms with Crippen molar-refractivity contribution in [3.63, 3.8) is 0 Å². The lowest BCUT2D eigenvalue weighted by Crippen LogP contribution is -2.51. The van der Waals surface area contributed by atoms with Crippen LogP contribution in [0.4, 0.5) is 8.78 Å². The number of hydrogen-bond acceptors (Lipinski definition) is 3. The maximum atomic E-state index is 13.6. The van der Waals surface area contributed by atoms with E-state index in [2.05, 4.69) is 16.7 Å². The van der Waals surface area contributed by atoms with E-state index in [0.29, 0.717) is 24.7 Å². The summed E-state index contributed by atoms with van der Waals surface area (Å²) >= 11 is 0. The third-order valence-electron chi connectivity index (χ3n) is 3.78. The second kappa shape index (κ2) is 6.41. The summed E-state index contributed by atoms with van der Waals surface area (Å²) in [6, 6.07) is 4.18. The zero-order valence-corrected chi connectivity index (χ0v) is 11.3. The van der Waals surface area contributed by atoms with Crippen molar-refractivity contribution in [1.29, 1.82) is 0 Å². The van der Waals surface area contributed by atoms with Crippen LogP contribution in [0.2, 0.25) is 0 Å². The van der Waals surface area contributed by atoms with Gasteiger partial charge >= 0.3 is 0 Å². The lowest BCUT2D eigenvalue weighted by atomic mass is 10.1. The van der Waals surface area contributed by atoms with Crippen LogP contribution in [-0.2, 0) is 6.54 Å². The minimum Gasteiger partial charge on any atom is -0.329 e. The molecule has 0 aliphatic carbocycles. The molecule has 19 heavy (non-hydrogen) atoms.